The Morgan fingerprint density at radius 3 is 2.82 bits per heavy atom. The van der Waals surface area contributed by atoms with Crippen molar-refractivity contribution in [1.29, 1.82) is 0 Å². The minimum absolute atomic E-state index is 0.293. The number of piperidine rings is 1. The first-order valence-corrected chi connectivity index (χ1v) is 9.05. The fraction of sp³-hybridized carbons (Fsp3) is 0.643. The fourth-order valence-corrected chi connectivity index (χ4v) is 3.40. The lowest BCUT2D eigenvalue weighted by Gasteiger charge is -2.30. The smallest absolute Gasteiger partial charge is 0.324 e. The molecule has 0 radical (unpaired) electrons. The molecule has 2 aromatic heterocycles. The van der Waals surface area contributed by atoms with E-state index in [0.29, 0.717) is 17.9 Å². The molecule has 6 nitrogen and oxygen atoms in total. The molecule has 0 aromatic carbocycles. The molecule has 3 rings (SSSR count). The molecule has 0 bridgehead atoms. The van der Waals surface area contributed by atoms with Gasteiger partial charge >= 0.3 is 6.01 Å². The van der Waals surface area contributed by atoms with Gasteiger partial charge in [-0.25, -0.2) is 4.98 Å². The van der Waals surface area contributed by atoms with Crippen LogP contribution in [-0.4, -0.2) is 34.8 Å². The van der Waals surface area contributed by atoms with Crippen molar-refractivity contribution in [2.24, 2.45) is 5.92 Å². The van der Waals surface area contributed by atoms with Crippen molar-refractivity contribution < 1.29 is 9.26 Å². The number of thiazole rings is 1. The zero-order chi connectivity index (χ0) is 15.5. The summed E-state index contributed by atoms with van der Waals surface area (Å²) in [6, 6.07) is 0.645. The molecular weight excluding hydrogens is 368 g/mol. The molecule has 2 aromatic rings. The fourth-order valence-electron chi connectivity index (χ4n) is 2.38. The molecule has 0 spiro atoms. The van der Waals surface area contributed by atoms with E-state index in [4.69, 9.17) is 9.26 Å². The van der Waals surface area contributed by atoms with Crippen molar-refractivity contribution in [3.8, 4) is 5.19 Å². The maximum atomic E-state index is 5.75. The lowest BCUT2D eigenvalue weighted by Crippen LogP contribution is -2.35. The average Bonchev–Trinajstić information content (AvgIpc) is 3.15. The van der Waals surface area contributed by atoms with Crippen LogP contribution in [-0.2, 0) is 0 Å². The van der Waals surface area contributed by atoms with Crippen LogP contribution >= 0.6 is 27.3 Å². The summed E-state index contributed by atoms with van der Waals surface area (Å²) in [5.74, 6) is 1.61. The topological polar surface area (TPSA) is 64.3 Å². The van der Waals surface area contributed by atoms with Gasteiger partial charge in [-0.1, -0.05) is 30.3 Å². The quantitative estimate of drug-likeness (QED) is 0.780. The lowest BCUT2D eigenvalue weighted by molar-refractivity contribution is 0.219. The van der Waals surface area contributed by atoms with Gasteiger partial charge in [0.2, 0.25) is 0 Å². The number of rotatable bonds is 5. The van der Waals surface area contributed by atoms with Crippen LogP contribution in [0.4, 0.5) is 6.01 Å². The molecule has 0 atom stereocenters. The summed E-state index contributed by atoms with van der Waals surface area (Å²) in [7, 11) is 0. The number of nitrogens with zero attached hydrogens (tertiary/aromatic N) is 4. The summed E-state index contributed by atoms with van der Waals surface area (Å²) in [6.07, 6.45) is 3.89. The van der Waals surface area contributed by atoms with Crippen molar-refractivity contribution >= 4 is 33.3 Å². The van der Waals surface area contributed by atoms with Crippen molar-refractivity contribution in [3.63, 3.8) is 0 Å². The molecule has 3 heterocycles. The Bertz CT molecular complexity index is 608. The van der Waals surface area contributed by atoms with Gasteiger partial charge in [-0.05, 0) is 34.7 Å². The molecule has 0 N–H and O–H groups in total. The molecule has 0 aliphatic carbocycles. The Morgan fingerprint density at radius 1 is 1.45 bits per heavy atom. The predicted molar refractivity (Wildman–Crippen MR) is 88.6 cm³/mol. The number of hydrogen-bond acceptors (Lipinski definition) is 7. The van der Waals surface area contributed by atoms with Gasteiger partial charge in [0.15, 0.2) is 5.82 Å². The normalized spacial score (nSPS) is 16.5. The molecule has 1 aliphatic heterocycles. The van der Waals surface area contributed by atoms with Gasteiger partial charge < -0.3 is 14.2 Å². The standard InChI is InChI=1S/C14H19BrN4O2S/c1-9(2)12-17-13(21-18-12)19-5-3-10(4-6-19)8-20-14-16-7-11(15)22-14/h7,9-10H,3-6,8H2,1-2H3. The van der Waals surface area contributed by atoms with Crippen LogP contribution in [0.25, 0.3) is 0 Å². The average molecular weight is 387 g/mol. The highest BCUT2D eigenvalue weighted by Gasteiger charge is 2.24. The first-order chi connectivity index (χ1) is 10.6. The maximum absolute atomic E-state index is 5.75. The Balaban J connectivity index is 1.47. The Kier molecular flexibility index (Phi) is 4.97. The zero-order valence-corrected chi connectivity index (χ0v) is 15.1. The first kappa shape index (κ1) is 15.7. The highest BCUT2D eigenvalue weighted by Crippen LogP contribution is 2.27. The largest absolute Gasteiger partial charge is 0.470 e. The van der Waals surface area contributed by atoms with E-state index in [0.717, 1.165) is 47.3 Å². The maximum Gasteiger partial charge on any atom is 0.324 e. The van der Waals surface area contributed by atoms with E-state index in [1.807, 2.05) is 0 Å². The van der Waals surface area contributed by atoms with Crippen LogP contribution in [0.5, 0.6) is 5.19 Å². The summed E-state index contributed by atoms with van der Waals surface area (Å²) in [6.45, 7) is 6.70. The Morgan fingerprint density at radius 2 is 2.23 bits per heavy atom. The molecule has 1 aliphatic rings. The van der Waals surface area contributed by atoms with Crippen LogP contribution in [0.15, 0.2) is 14.5 Å². The molecule has 0 saturated carbocycles. The third-order valence-corrected chi connectivity index (χ3v) is 5.12. The van der Waals surface area contributed by atoms with Gasteiger partial charge in [-0.3, -0.25) is 0 Å². The first-order valence-electron chi connectivity index (χ1n) is 7.44. The number of ether oxygens (including phenoxy) is 1. The third kappa shape index (κ3) is 3.78. The second kappa shape index (κ2) is 6.95. The summed E-state index contributed by atoms with van der Waals surface area (Å²) in [4.78, 5) is 10.8. The van der Waals surface area contributed by atoms with Gasteiger partial charge in [-0.15, -0.1) is 0 Å². The van der Waals surface area contributed by atoms with E-state index in [1.54, 1.807) is 6.20 Å². The van der Waals surface area contributed by atoms with Crippen molar-refractivity contribution in [2.45, 2.75) is 32.6 Å². The van der Waals surface area contributed by atoms with Crippen molar-refractivity contribution in [1.82, 2.24) is 15.1 Å². The van der Waals surface area contributed by atoms with Gasteiger partial charge in [0, 0.05) is 19.0 Å². The van der Waals surface area contributed by atoms with Gasteiger partial charge in [-0.2, -0.15) is 4.98 Å². The van der Waals surface area contributed by atoms with Crippen LogP contribution in [0.1, 0.15) is 38.4 Å². The number of hydrogen-bond donors (Lipinski definition) is 0. The van der Waals surface area contributed by atoms with E-state index in [2.05, 4.69) is 49.8 Å². The van der Waals surface area contributed by atoms with Crippen LogP contribution in [0.3, 0.4) is 0 Å². The van der Waals surface area contributed by atoms with Crippen LogP contribution < -0.4 is 9.64 Å². The van der Waals surface area contributed by atoms with Crippen molar-refractivity contribution in [3.05, 3.63) is 15.8 Å². The lowest BCUT2D eigenvalue weighted by atomic mass is 9.98. The van der Waals surface area contributed by atoms with Crippen molar-refractivity contribution in [2.75, 3.05) is 24.6 Å². The van der Waals surface area contributed by atoms with E-state index in [9.17, 15) is 0 Å². The van der Waals surface area contributed by atoms with Crippen LogP contribution in [0, 0.1) is 5.92 Å². The van der Waals surface area contributed by atoms with E-state index < -0.39 is 0 Å². The summed E-state index contributed by atoms with van der Waals surface area (Å²) < 4.78 is 12.1. The highest BCUT2D eigenvalue weighted by atomic mass is 79.9. The second-order valence-electron chi connectivity index (χ2n) is 5.76. The summed E-state index contributed by atoms with van der Waals surface area (Å²) in [5, 5.41) is 4.75. The van der Waals surface area contributed by atoms with Gasteiger partial charge in [0.1, 0.15) is 0 Å². The minimum Gasteiger partial charge on any atom is -0.470 e. The van der Waals surface area contributed by atoms with E-state index >= 15 is 0 Å². The minimum atomic E-state index is 0.293. The predicted octanol–water partition coefficient (Wildman–Crippen LogP) is 3.71. The van der Waals surface area contributed by atoms with E-state index in [-0.39, 0.29) is 0 Å². The highest BCUT2D eigenvalue weighted by molar-refractivity contribution is 9.11. The second-order valence-corrected chi connectivity index (χ2v) is 8.13. The third-order valence-electron chi connectivity index (χ3n) is 3.73. The molecule has 120 valence electrons. The SMILES string of the molecule is CC(C)c1noc(N2CCC(COc3ncc(Br)s3)CC2)n1. The molecule has 1 saturated heterocycles. The number of aromatic nitrogens is 3. The monoisotopic (exact) mass is 386 g/mol. The zero-order valence-electron chi connectivity index (χ0n) is 12.7. The van der Waals surface area contributed by atoms with Gasteiger partial charge in [0.25, 0.3) is 5.19 Å². The molecule has 0 amide bonds. The molecule has 1 fully saturated rings. The van der Waals surface area contributed by atoms with Gasteiger partial charge in [0.05, 0.1) is 16.6 Å². The summed E-state index contributed by atoms with van der Waals surface area (Å²) in [5.41, 5.74) is 0. The molecule has 0 unspecified atom stereocenters. The Hall–Kier alpha value is -1.15. The van der Waals surface area contributed by atoms with E-state index in [1.165, 1.54) is 11.3 Å². The molecule has 8 heteroatoms. The number of halogens is 1. The number of anilines is 1. The Labute approximate surface area is 142 Å². The summed E-state index contributed by atoms with van der Waals surface area (Å²) >= 11 is 4.91. The molecular formula is C14H19BrN4O2S. The molecule has 22 heavy (non-hydrogen) atoms. The van der Waals surface area contributed by atoms with Crippen LogP contribution in [0.2, 0.25) is 0 Å².